The van der Waals surface area contributed by atoms with Gasteiger partial charge in [0.05, 0.1) is 31.1 Å². The molecule has 7 nitrogen and oxygen atoms in total. The summed E-state index contributed by atoms with van der Waals surface area (Å²) in [6.45, 7) is 0. The predicted molar refractivity (Wildman–Crippen MR) is 84.6 cm³/mol. The van der Waals surface area contributed by atoms with Crippen LogP contribution in [0.2, 0.25) is 0 Å². The van der Waals surface area contributed by atoms with Crippen LogP contribution in [0.25, 0.3) is 0 Å². The average Bonchev–Trinajstić information content (AvgIpc) is 3.05. The molecule has 122 valence electrons. The molecule has 2 rings (SSSR count). The van der Waals surface area contributed by atoms with E-state index in [4.69, 9.17) is 9.47 Å². The minimum atomic E-state index is -1.03. The molecule has 1 N–H and O–H groups in total. The first-order valence-corrected chi connectivity index (χ1v) is 7.51. The quantitative estimate of drug-likeness (QED) is 0.616. The minimum Gasteiger partial charge on any atom is -0.493 e. The maximum atomic E-state index is 11.5. The van der Waals surface area contributed by atoms with Crippen LogP contribution in [0.15, 0.2) is 29.6 Å². The molecule has 2 aromatic rings. The third kappa shape index (κ3) is 3.59. The van der Waals surface area contributed by atoms with Crippen molar-refractivity contribution in [1.82, 2.24) is 0 Å². The topological polar surface area (TPSA) is 98.9 Å². The Morgan fingerprint density at radius 1 is 1.35 bits per heavy atom. The summed E-state index contributed by atoms with van der Waals surface area (Å²) in [6, 6.07) is 6.16. The van der Waals surface area contributed by atoms with E-state index in [1.54, 1.807) is 17.5 Å². The SMILES string of the molecule is COc1cc(CC(C(=O)O)c2cccs2)c([N+](=O)[O-])cc1OC. The van der Waals surface area contributed by atoms with Gasteiger partial charge in [-0.1, -0.05) is 6.07 Å². The number of ether oxygens (including phenoxy) is 2. The van der Waals surface area contributed by atoms with Crippen LogP contribution < -0.4 is 9.47 Å². The zero-order chi connectivity index (χ0) is 17.0. The van der Waals surface area contributed by atoms with Crippen molar-refractivity contribution in [3.8, 4) is 11.5 Å². The second-order valence-electron chi connectivity index (χ2n) is 4.70. The Morgan fingerprint density at radius 3 is 2.48 bits per heavy atom. The molecule has 0 saturated carbocycles. The lowest BCUT2D eigenvalue weighted by molar-refractivity contribution is -0.385. The number of carboxylic acids is 1. The fraction of sp³-hybridized carbons (Fsp3) is 0.267. The molecule has 0 spiro atoms. The van der Waals surface area contributed by atoms with Crippen LogP contribution >= 0.6 is 11.3 Å². The van der Waals surface area contributed by atoms with Crippen molar-refractivity contribution in [1.29, 1.82) is 0 Å². The minimum absolute atomic E-state index is 0.00743. The summed E-state index contributed by atoms with van der Waals surface area (Å²) in [4.78, 5) is 22.9. The van der Waals surface area contributed by atoms with Crippen LogP contribution in [0, 0.1) is 10.1 Å². The van der Waals surface area contributed by atoms with E-state index in [0.29, 0.717) is 10.6 Å². The maximum absolute atomic E-state index is 11.5. The molecule has 1 aromatic heterocycles. The van der Waals surface area contributed by atoms with E-state index in [-0.39, 0.29) is 23.4 Å². The van der Waals surface area contributed by atoms with Gasteiger partial charge in [0.1, 0.15) is 0 Å². The van der Waals surface area contributed by atoms with E-state index >= 15 is 0 Å². The second-order valence-corrected chi connectivity index (χ2v) is 5.68. The number of nitro benzene ring substituents is 1. The molecule has 1 aromatic carbocycles. The molecular formula is C15H15NO6S. The van der Waals surface area contributed by atoms with Crippen LogP contribution in [-0.2, 0) is 11.2 Å². The van der Waals surface area contributed by atoms with Gasteiger partial charge in [0.25, 0.3) is 5.69 Å². The number of thiophene rings is 1. The molecule has 0 amide bonds. The van der Waals surface area contributed by atoms with E-state index in [2.05, 4.69) is 0 Å². The number of hydrogen-bond donors (Lipinski definition) is 1. The van der Waals surface area contributed by atoms with Crippen molar-refractivity contribution < 1.29 is 24.3 Å². The summed E-state index contributed by atoms with van der Waals surface area (Å²) in [6.07, 6.45) is -0.00743. The van der Waals surface area contributed by atoms with Crippen LogP contribution in [0.1, 0.15) is 16.4 Å². The first-order valence-electron chi connectivity index (χ1n) is 6.63. The third-order valence-electron chi connectivity index (χ3n) is 3.39. The van der Waals surface area contributed by atoms with Crippen LogP contribution in [0.4, 0.5) is 5.69 Å². The van der Waals surface area contributed by atoms with Crippen molar-refractivity contribution in [2.24, 2.45) is 0 Å². The van der Waals surface area contributed by atoms with Gasteiger partial charge in [0.15, 0.2) is 11.5 Å². The summed E-state index contributed by atoms with van der Waals surface area (Å²) >= 11 is 1.30. The molecule has 0 aliphatic heterocycles. The highest BCUT2D eigenvalue weighted by Crippen LogP contribution is 2.37. The van der Waals surface area contributed by atoms with Gasteiger partial charge in [0.2, 0.25) is 0 Å². The highest BCUT2D eigenvalue weighted by atomic mass is 32.1. The van der Waals surface area contributed by atoms with Gasteiger partial charge in [-0.05, 0) is 23.9 Å². The van der Waals surface area contributed by atoms with E-state index < -0.39 is 16.8 Å². The molecule has 1 atom stereocenters. The lowest BCUT2D eigenvalue weighted by Crippen LogP contribution is -2.14. The zero-order valence-electron chi connectivity index (χ0n) is 12.5. The molecule has 1 unspecified atom stereocenters. The predicted octanol–water partition coefficient (Wildman–Crippen LogP) is 3.08. The van der Waals surface area contributed by atoms with Crippen LogP contribution in [0.3, 0.4) is 0 Å². The van der Waals surface area contributed by atoms with Crippen molar-refractivity contribution in [3.05, 3.63) is 50.2 Å². The number of aliphatic carboxylic acids is 1. The number of methoxy groups -OCH3 is 2. The Hall–Kier alpha value is -2.61. The Morgan fingerprint density at radius 2 is 2.00 bits per heavy atom. The summed E-state index contributed by atoms with van der Waals surface area (Å²) in [5.74, 6) is -1.34. The summed E-state index contributed by atoms with van der Waals surface area (Å²) in [5, 5.41) is 22.5. The Labute approximate surface area is 136 Å². The van der Waals surface area contributed by atoms with Gasteiger partial charge < -0.3 is 14.6 Å². The van der Waals surface area contributed by atoms with E-state index in [1.807, 2.05) is 0 Å². The first kappa shape index (κ1) is 16.8. The molecule has 0 bridgehead atoms. The Bertz CT molecular complexity index is 713. The van der Waals surface area contributed by atoms with Crippen LogP contribution in [0.5, 0.6) is 11.5 Å². The molecule has 0 fully saturated rings. The summed E-state index contributed by atoms with van der Waals surface area (Å²) in [5.41, 5.74) is 0.0962. The third-order valence-corrected chi connectivity index (χ3v) is 4.38. The van der Waals surface area contributed by atoms with Gasteiger partial charge >= 0.3 is 5.97 Å². The number of nitro groups is 1. The lowest BCUT2D eigenvalue weighted by atomic mass is 9.96. The Kier molecular flexibility index (Phi) is 5.17. The van der Waals surface area contributed by atoms with Crippen molar-refractivity contribution in [2.45, 2.75) is 12.3 Å². The number of hydrogen-bond acceptors (Lipinski definition) is 6. The molecule has 0 saturated heterocycles. The fourth-order valence-corrected chi connectivity index (χ4v) is 3.08. The van der Waals surface area contributed by atoms with E-state index in [1.165, 1.54) is 37.7 Å². The first-order chi connectivity index (χ1) is 11.0. The van der Waals surface area contributed by atoms with Gasteiger partial charge in [-0.15, -0.1) is 11.3 Å². The smallest absolute Gasteiger partial charge is 0.312 e. The van der Waals surface area contributed by atoms with Crippen LogP contribution in [-0.4, -0.2) is 30.2 Å². The summed E-state index contributed by atoms with van der Waals surface area (Å²) < 4.78 is 10.2. The number of carboxylic acid groups (broad SMARTS) is 1. The van der Waals surface area contributed by atoms with Gasteiger partial charge in [-0.2, -0.15) is 0 Å². The van der Waals surface area contributed by atoms with Crippen molar-refractivity contribution in [3.63, 3.8) is 0 Å². The maximum Gasteiger partial charge on any atom is 0.312 e. The van der Waals surface area contributed by atoms with E-state index in [9.17, 15) is 20.0 Å². The summed E-state index contributed by atoms with van der Waals surface area (Å²) in [7, 11) is 2.80. The zero-order valence-corrected chi connectivity index (χ0v) is 13.3. The standard InChI is InChI=1S/C15H15NO6S/c1-21-12-7-9(11(16(19)20)8-13(12)22-2)6-10(15(17)18)14-4-3-5-23-14/h3-5,7-8,10H,6H2,1-2H3,(H,17,18). The monoisotopic (exact) mass is 337 g/mol. The Balaban J connectivity index is 2.48. The van der Waals surface area contributed by atoms with Gasteiger partial charge in [0, 0.05) is 10.4 Å². The number of nitrogens with zero attached hydrogens (tertiary/aromatic N) is 1. The normalized spacial score (nSPS) is 11.7. The number of carbonyl (C=O) groups is 1. The lowest BCUT2D eigenvalue weighted by Gasteiger charge is -2.14. The number of benzene rings is 1. The highest BCUT2D eigenvalue weighted by molar-refractivity contribution is 7.10. The van der Waals surface area contributed by atoms with Crippen molar-refractivity contribution >= 4 is 23.0 Å². The molecule has 0 aliphatic rings. The molecule has 23 heavy (non-hydrogen) atoms. The molecule has 1 heterocycles. The van der Waals surface area contributed by atoms with E-state index in [0.717, 1.165) is 0 Å². The average molecular weight is 337 g/mol. The second kappa shape index (κ2) is 7.10. The van der Waals surface area contributed by atoms with Gasteiger partial charge in [-0.3, -0.25) is 14.9 Å². The number of rotatable bonds is 7. The molecular weight excluding hydrogens is 322 g/mol. The highest BCUT2D eigenvalue weighted by Gasteiger charge is 2.27. The van der Waals surface area contributed by atoms with Gasteiger partial charge in [-0.25, -0.2) is 0 Å². The van der Waals surface area contributed by atoms with Crippen molar-refractivity contribution in [2.75, 3.05) is 14.2 Å². The molecule has 8 heteroatoms. The fourth-order valence-electron chi connectivity index (χ4n) is 2.26. The largest absolute Gasteiger partial charge is 0.493 e. The molecule has 0 aliphatic carbocycles. The molecule has 0 radical (unpaired) electrons.